The van der Waals surface area contributed by atoms with Crippen LogP contribution >= 0.6 is 15.9 Å². The van der Waals surface area contributed by atoms with Crippen LogP contribution in [0.25, 0.3) is 0 Å². The van der Waals surface area contributed by atoms with Crippen molar-refractivity contribution in [2.24, 2.45) is 0 Å². The van der Waals surface area contributed by atoms with Gasteiger partial charge in [0.2, 0.25) is 0 Å². The molecule has 0 aromatic heterocycles. The van der Waals surface area contributed by atoms with Crippen molar-refractivity contribution in [2.75, 3.05) is 6.26 Å². The Balaban J connectivity index is 2.53. The quantitative estimate of drug-likeness (QED) is 0.733. The van der Waals surface area contributed by atoms with Crippen molar-refractivity contribution in [2.45, 2.75) is 32.8 Å². The van der Waals surface area contributed by atoms with Gasteiger partial charge in [-0.1, -0.05) is 12.1 Å². The molecular formula is C15H19BrO4S. The van der Waals surface area contributed by atoms with Crippen LogP contribution in [0.15, 0.2) is 34.2 Å². The number of rotatable bonds is 7. The molecule has 6 heteroatoms. The number of aryl methyl sites for hydroxylation is 1. The van der Waals surface area contributed by atoms with E-state index in [0.29, 0.717) is 12.2 Å². The van der Waals surface area contributed by atoms with Gasteiger partial charge in [0.05, 0.1) is 4.47 Å². The maximum absolute atomic E-state index is 11.9. The summed E-state index contributed by atoms with van der Waals surface area (Å²) in [6, 6.07) is 5.64. The van der Waals surface area contributed by atoms with Crippen LogP contribution in [0.3, 0.4) is 0 Å². The summed E-state index contributed by atoms with van der Waals surface area (Å²) in [4.78, 5) is 11.9. The van der Waals surface area contributed by atoms with Crippen LogP contribution in [0.4, 0.5) is 0 Å². The summed E-state index contributed by atoms with van der Waals surface area (Å²) in [6.45, 7) is 3.66. The van der Waals surface area contributed by atoms with E-state index in [-0.39, 0.29) is 12.2 Å². The number of ether oxygens (including phenoxy) is 1. The molecule has 0 bridgehead atoms. The summed E-state index contributed by atoms with van der Waals surface area (Å²) >= 11 is 3.40. The van der Waals surface area contributed by atoms with Gasteiger partial charge in [0.1, 0.15) is 5.75 Å². The number of halogens is 1. The minimum absolute atomic E-state index is 0.0689. The molecule has 1 aromatic carbocycles. The average molecular weight is 375 g/mol. The molecule has 116 valence electrons. The lowest BCUT2D eigenvalue weighted by Gasteiger charge is -2.14. The average Bonchev–Trinajstić information content (AvgIpc) is 2.36. The van der Waals surface area contributed by atoms with E-state index in [1.165, 1.54) is 6.08 Å². The summed E-state index contributed by atoms with van der Waals surface area (Å²) in [5, 5.41) is 1.11. The largest absolute Gasteiger partial charge is 0.482 e. The smallest absolute Gasteiger partial charge is 0.173 e. The Bertz CT molecular complexity index is 635. The number of allylic oxidation sites excluding steroid dienone is 1. The van der Waals surface area contributed by atoms with Gasteiger partial charge in [0.25, 0.3) is 0 Å². The highest BCUT2D eigenvalue weighted by Gasteiger charge is 2.15. The molecule has 0 N–H and O–H groups in total. The first-order valence-corrected chi connectivity index (χ1v) is 9.26. The topological polar surface area (TPSA) is 60.4 Å². The van der Waals surface area contributed by atoms with Crippen molar-refractivity contribution >= 4 is 31.6 Å². The first kappa shape index (κ1) is 17.9. The molecule has 0 heterocycles. The molecule has 1 aromatic rings. The van der Waals surface area contributed by atoms with Crippen LogP contribution in [0, 0.1) is 6.92 Å². The van der Waals surface area contributed by atoms with Crippen molar-refractivity contribution in [1.29, 1.82) is 0 Å². The molecule has 0 spiro atoms. The first-order valence-electron chi connectivity index (χ1n) is 6.51. The molecule has 0 aliphatic rings. The molecule has 4 nitrogen and oxygen atoms in total. The van der Waals surface area contributed by atoms with Crippen molar-refractivity contribution in [3.63, 3.8) is 0 Å². The Kier molecular flexibility index (Phi) is 6.61. The minimum atomic E-state index is -3.13. The lowest BCUT2D eigenvalue weighted by atomic mass is 10.1. The highest BCUT2D eigenvalue weighted by molar-refractivity contribution is 9.10. The summed E-state index contributed by atoms with van der Waals surface area (Å²) in [5.74, 6) is 0.550. The normalized spacial score (nSPS) is 13.3. The Morgan fingerprint density at radius 1 is 1.43 bits per heavy atom. The minimum Gasteiger partial charge on any atom is -0.482 e. The Morgan fingerprint density at radius 2 is 2.10 bits per heavy atom. The standard InChI is InChI=1S/C15H19BrO4S/c1-11-7-8-15(13(16)10-11)20-12(2)14(17)6-4-5-9-21(3,18)19/h5,7-10,12H,4,6H2,1-3H3/b9-5+. The van der Waals surface area contributed by atoms with E-state index in [2.05, 4.69) is 15.9 Å². The lowest BCUT2D eigenvalue weighted by Crippen LogP contribution is -2.23. The number of Topliss-reactive ketones (excluding diaryl/α,β-unsaturated/α-hetero) is 1. The predicted octanol–water partition coefficient (Wildman–Crippen LogP) is 3.43. The third-order valence-corrected chi connectivity index (χ3v) is 4.05. The Hall–Kier alpha value is -1.14. The maximum atomic E-state index is 11.9. The van der Waals surface area contributed by atoms with Crippen molar-refractivity contribution in [3.05, 3.63) is 39.7 Å². The first-order chi connectivity index (χ1) is 9.69. The van der Waals surface area contributed by atoms with Gasteiger partial charge >= 0.3 is 0 Å². The zero-order valence-corrected chi connectivity index (χ0v) is 14.7. The van der Waals surface area contributed by atoms with Gasteiger partial charge in [-0.3, -0.25) is 4.79 Å². The van der Waals surface area contributed by atoms with Gasteiger partial charge in [-0.25, -0.2) is 8.42 Å². The molecule has 0 saturated carbocycles. The molecule has 0 aliphatic heterocycles. The molecule has 0 radical (unpaired) electrons. The van der Waals surface area contributed by atoms with Crippen molar-refractivity contribution in [3.8, 4) is 5.75 Å². The number of ketones is 1. The summed E-state index contributed by atoms with van der Waals surface area (Å²) in [6.07, 6.45) is 2.66. The number of benzene rings is 1. The van der Waals surface area contributed by atoms with Gasteiger partial charge in [-0.05, 0) is 53.9 Å². The number of hydrogen-bond donors (Lipinski definition) is 0. The zero-order valence-electron chi connectivity index (χ0n) is 12.3. The lowest BCUT2D eigenvalue weighted by molar-refractivity contribution is -0.125. The second-order valence-electron chi connectivity index (χ2n) is 4.90. The zero-order chi connectivity index (χ0) is 16.0. The maximum Gasteiger partial charge on any atom is 0.173 e. The van der Waals surface area contributed by atoms with E-state index in [0.717, 1.165) is 21.7 Å². The van der Waals surface area contributed by atoms with Crippen molar-refractivity contribution < 1.29 is 17.9 Å². The second kappa shape index (κ2) is 7.75. The molecule has 0 aliphatic carbocycles. The Labute approximate surface area is 134 Å². The van der Waals surface area contributed by atoms with E-state index in [4.69, 9.17) is 4.74 Å². The van der Waals surface area contributed by atoms with Crippen LogP contribution in [0.5, 0.6) is 5.75 Å². The van der Waals surface area contributed by atoms with Crippen molar-refractivity contribution in [1.82, 2.24) is 0 Å². The fourth-order valence-electron chi connectivity index (χ4n) is 1.63. The highest BCUT2D eigenvalue weighted by Crippen LogP contribution is 2.26. The van der Waals surface area contributed by atoms with E-state index in [1.54, 1.807) is 6.92 Å². The second-order valence-corrected chi connectivity index (χ2v) is 7.69. The van der Waals surface area contributed by atoms with Gasteiger partial charge < -0.3 is 4.74 Å². The number of carbonyl (C=O) groups is 1. The summed E-state index contributed by atoms with van der Waals surface area (Å²) < 4.78 is 28.3. The summed E-state index contributed by atoms with van der Waals surface area (Å²) in [5.41, 5.74) is 1.10. The molecule has 0 amide bonds. The highest BCUT2D eigenvalue weighted by atomic mass is 79.9. The number of sulfone groups is 1. The molecule has 1 atom stereocenters. The van der Waals surface area contributed by atoms with Crippen LogP contribution in [-0.4, -0.2) is 26.6 Å². The van der Waals surface area contributed by atoms with E-state index < -0.39 is 15.9 Å². The molecule has 21 heavy (non-hydrogen) atoms. The monoisotopic (exact) mass is 374 g/mol. The van der Waals surface area contributed by atoms with Crippen LogP contribution in [0.1, 0.15) is 25.3 Å². The van der Waals surface area contributed by atoms with Crippen LogP contribution in [-0.2, 0) is 14.6 Å². The third-order valence-electron chi connectivity index (χ3n) is 2.75. The van der Waals surface area contributed by atoms with E-state index in [1.807, 2.05) is 25.1 Å². The molecule has 1 rings (SSSR count). The van der Waals surface area contributed by atoms with Gasteiger partial charge in [-0.15, -0.1) is 0 Å². The molecule has 0 saturated heterocycles. The van der Waals surface area contributed by atoms with Gasteiger partial charge in [-0.2, -0.15) is 0 Å². The SMILES string of the molecule is Cc1ccc(OC(C)C(=O)CC/C=C/S(C)(=O)=O)c(Br)c1. The van der Waals surface area contributed by atoms with Gasteiger partial charge in [0.15, 0.2) is 21.7 Å². The number of hydrogen-bond acceptors (Lipinski definition) is 4. The number of carbonyl (C=O) groups excluding carboxylic acids is 1. The van der Waals surface area contributed by atoms with Crippen LogP contribution < -0.4 is 4.74 Å². The molecular weight excluding hydrogens is 356 g/mol. The van der Waals surface area contributed by atoms with E-state index >= 15 is 0 Å². The van der Waals surface area contributed by atoms with Crippen LogP contribution in [0.2, 0.25) is 0 Å². The fourth-order valence-corrected chi connectivity index (χ4v) is 2.70. The predicted molar refractivity (Wildman–Crippen MR) is 87.2 cm³/mol. The van der Waals surface area contributed by atoms with E-state index in [9.17, 15) is 13.2 Å². The molecule has 0 fully saturated rings. The van der Waals surface area contributed by atoms with Gasteiger partial charge in [0, 0.05) is 18.1 Å². The fraction of sp³-hybridized carbons (Fsp3) is 0.400. The Morgan fingerprint density at radius 3 is 2.67 bits per heavy atom. The third kappa shape index (κ3) is 6.91. The molecule has 1 unspecified atom stereocenters. The summed E-state index contributed by atoms with van der Waals surface area (Å²) in [7, 11) is -3.13.